The maximum absolute atomic E-state index is 10.2. The topological polar surface area (TPSA) is 54.4 Å². The molecule has 0 fully saturated rings. The van der Waals surface area contributed by atoms with Gasteiger partial charge in [0.25, 0.3) is 0 Å². The Labute approximate surface area is 84.6 Å². The van der Waals surface area contributed by atoms with Gasteiger partial charge in [0.2, 0.25) is 0 Å². The highest BCUT2D eigenvalue weighted by Crippen LogP contribution is 2.21. The van der Waals surface area contributed by atoms with Crippen LogP contribution in [-0.4, -0.2) is 4.98 Å². The summed E-state index contributed by atoms with van der Waals surface area (Å²) in [5.41, 5.74) is 1.32. The second kappa shape index (κ2) is 3.97. The number of nitrogens with one attached hydrogen (secondary N) is 1. The molecule has 0 unspecified atom stereocenters. The summed E-state index contributed by atoms with van der Waals surface area (Å²) in [5.74, 6) is 0. The maximum atomic E-state index is 10.2. The molecule has 0 aliphatic rings. The van der Waals surface area contributed by atoms with Gasteiger partial charge in [-0.15, -0.1) is 16.2 Å². The summed E-state index contributed by atoms with van der Waals surface area (Å²) in [7, 11) is 0. The molecule has 0 aliphatic carbocycles. The summed E-state index contributed by atoms with van der Waals surface area (Å²) in [6, 6.07) is 6.89. The smallest absolute Gasteiger partial charge is 0.187 e. The molecule has 1 aromatic heterocycles. The molecule has 5 heteroatoms. The number of aromatic nitrogens is 1. The first-order chi connectivity index (χ1) is 6.88. The van der Waals surface area contributed by atoms with E-state index in [1.54, 1.807) is 30.5 Å². The third-order valence-electron chi connectivity index (χ3n) is 1.66. The van der Waals surface area contributed by atoms with Crippen LogP contribution in [0.25, 0.3) is 0 Å². The van der Waals surface area contributed by atoms with Gasteiger partial charge < -0.3 is 5.32 Å². The van der Waals surface area contributed by atoms with Crippen LogP contribution in [0, 0.1) is 4.91 Å². The van der Waals surface area contributed by atoms with Crippen LogP contribution < -0.4 is 5.32 Å². The van der Waals surface area contributed by atoms with Gasteiger partial charge in [0, 0.05) is 17.3 Å². The van der Waals surface area contributed by atoms with Crippen molar-refractivity contribution in [1.82, 2.24) is 4.98 Å². The molecule has 0 saturated heterocycles. The van der Waals surface area contributed by atoms with Gasteiger partial charge in [-0.25, -0.2) is 4.98 Å². The molecule has 14 heavy (non-hydrogen) atoms. The van der Waals surface area contributed by atoms with Crippen LogP contribution in [0.15, 0.2) is 41.0 Å². The number of thiazole rings is 1. The van der Waals surface area contributed by atoms with E-state index in [2.05, 4.69) is 15.5 Å². The highest BCUT2D eigenvalue weighted by atomic mass is 32.1. The number of rotatable bonds is 3. The quantitative estimate of drug-likeness (QED) is 0.782. The first-order valence-corrected chi connectivity index (χ1v) is 4.86. The maximum Gasteiger partial charge on any atom is 0.187 e. The molecular formula is C9H7N3OS. The minimum Gasteiger partial charge on any atom is -0.332 e. The summed E-state index contributed by atoms with van der Waals surface area (Å²) in [6.45, 7) is 0. The second-order valence-corrected chi connectivity index (χ2v) is 3.49. The van der Waals surface area contributed by atoms with Crippen molar-refractivity contribution in [2.45, 2.75) is 0 Å². The number of hydrogen-bond donors (Lipinski definition) is 1. The van der Waals surface area contributed by atoms with Gasteiger partial charge in [0.05, 0.1) is 0 Å². The van der Waals surface area contributed by atoms with E-state index in [4.69, 9.17) is 0 Å². The number of nitrogens with zero attached hydrogens (tertiary/aromatic N) is 2. The SMILES string of the molecule is O=Nc1ccc(Nc2nccs2)cc1. The fraction of sp³-hybridized carbons (Fsp3) is 0. The molecule has 1 N–H and O–H groups in total. The van der Waals surface area contributed by atoms with Crippen molar-refractivity contribution < 1.29 is 0 Å². The van der Waals surface area contributed by atoms with Crippen LogP contribution in [0.3, 0.4) is 0 Å². The largest absolute Gasteiger partial charge is 0.332 e. The van der Waals surface area contributed by atoms with E-state index in [-0.39, 0.29) is 0 Å². The lowest BCUT2D eigenvalue weighted by Crippen LogP contribution is -1.87. The molecule has 0 bridgehead atoms. The minimum absolute atomic E-state index is 0.426. The molecule has 0 saturated carbocycles. The Morgan fingerprint density at radius 2 is 2.07 bits per heavy atom. The lowest BCUT2D eigenvalue weighted by atomic mass is 10.3. The first-order valence-electron chi connectivity index (χ1n) is 3.98. The molecule has 1 heterocycles. The van der Waals surface area contributed by atoms with Crippen LogP contribution in [0.1, 0.15) is 0 Å². The fourth-order valence-electron chi connectivity index (χ4n) is 1.01. The number of benzene rings is 1. The molecule has 0 aliphatic heterocycles. The Morgan fingerprint density at radius 3 is 2.64 bits per heavy atom. The van der Waals surface area contributed by atoms with E-state index < -0.39 is 0 Å². The fourth-order valence-corrected chi connectivity index (χ4v) is 1.56. The lowest BCUT2D eigenvalue weighted by molar-refractivity contribution is 1.39. The van der Waals surface area contributed by atoms with Crippen molar-refractivity contribution in [3.05, 3.63) is 40.7 Å². The van der Waals surface area contributed by atoms with Gasteiger partial charge in [-0.3, -0.25) is 0 Å². The van der Waals surface area contributed by atoms with Gasteiger partial charge in [-0.2, -0.15) is 0 Å². The van der Waals surface area contributed by atoms with E-state index in [1.807, 2.05) is 5.38 Å². The molecule has 70 valence electrons. The highest BCUT2D eigenvalue weighted by molar-refractivity contribution is 7.13. The molecule has 2 aromatic rings. The van der Waals surface area contributed by atoms with Gasteiger partial charge in [-0.05, 0) is 29.4 Å². The van der Waals surface area contributed by atoms with E-state index in [9.17, 15) is 4.91 Å². The standard InChI is InChI=1S/C9H7N3OS/c13-12-8-3-1-7(2-4-8)11-9-10-5-6-14-9/h1-6H,(H,10,11). The minimum atomic E-state index is 0.426. The van der Waals surface area contributed by atoms with Gasteiger partial charge in [0.15, 0.2) is 5.13 Å². The van der Waals surface area contributed by atoms with Crippen LogP contribution in [0.5, 0.6) is 0 Å². The molecule has 2 rings (SSSR count). The predicted octanol–water partition coefficient (Wildman–Crippen LogP) is 3.28. The van der Waals surface area contributed by atoms with Crippen molar-refractivity contribution in [1.29, 1.82) is 0 Å². The summed E-state index contributed by atoms with van der Waals surface area (Å²) in [4.78, 5) is 14.2. The van der Waals surface area contributed by atoms with Gasteiger partial charge >= 0.3 is 0 Å². The lowest BCUT2D eigenvalue weighted by Gasteiger charge is -2.00. The number of nitroso groups, excluding NO2 is 1. The zero-order valence-corrected chi connectivity index (χ0v) is 7.99. The monoisotopic (exact) mass is 205 g/mol. The van der Waals surface area contributed by atoms with Crippen LogP contribution in [0.4, 0.5) is 16.5 Å². The van der Waals surface area contributed by atoms with Crippen molar-refractivity contribution in [2.24, 2.45) is 5.18 Å². The molecule has 0 atom stereocenters. The molecule has 0 radical (unpaired) electrons. The van der Waals surface area contributed by atoms with E-state index in [1.165, 1.54) is 11.3 Å². The average Bonchev–Trinajstić information content (AvgIpc) is 2.72. The van der Waals surface area contributed by atoms with Crippen molar-refractivity contribution in [3.63, 3.8) is 0 Å². The van der Waals surface area contributed by atoms with Crippen LogP contribution in [0.2, 0.25) is 0 Å². The molecule has 0 spiro atoms. The normalized spacial score (nSPS) is 9.71. The van der Waals surface area contributed by atoms with E-state index in [0.717, 1.165) is 10.8 Å². The molecule has 0 amide bonds. The average molecular weight is 205 g/mol. The van der Waals surface area contributed by atoms with Crippen molar-refractivity contribution in [3.8, 4) is 0 Å². The zero-order valence-electron chi connectivity index (χ0n) is 7.18. The summed E-state index contributed by atoms with van der Waals surface area (Å²) >= 11 is 1.52. The van der Waals surface area contributed by atoms with Crippen molar-refractivity contribution in [2.75, 3.05) is 5.32 Å². The third-order valence-corrected chi connectivity index (χ3v) is 2.34. The number of hydrogen-bond acceptors (Lipinski definition) is 5. The Kier molecular flexibility index (Phi) is 2.51. The zero-order chi connectivity index (χ0) is 9.80. The first kappa shape index (κ1) is 8.83. The summed E-state index contributed by atoms with van der Waals surface area (Å²) in [6.07, 6.45) is 1.73. The second-order valence-electron chi connectivity index (χ2n) is 2.60. The summed E-state index contributed by atoms with van der Waals surface area (Å²) in [5, 5.41) is 8.64. The predicted molar refractivity (Wildman–Crippen MR) is 57.3 cm³/mol. The van der Waals surface area contributed by atoms with E-state index in [0.29, 0.717) is 5.69 Å². The van der Waals surface area contributed by atoms with Gasteiger partial charge in [-0.1, -0.05) is 0 Å². The Balaban J connectivity index is 2.14. The van der Waals surface area contributed by atoms with E-state index >= 15 is 0 Å². The van der Waals surface area contributed by atoms with Gasteiger partial charge in [0.1, 0.15) is 5.69 Å². The van der Waals surface area contributed by atoms with Crippen LogP contribution in [-0.2, 0) is 0 Å². The number of anilines is 2. The Hall–Kier alpha value is -1.75. The Bertz CT molecular complexity index is 410. The third kappa shape index (κ3) is 1.94. The molecule has 1 aromatic carbocycles. The summed E-state index contributed by atoms with van der Waals surface area (Å²) < 4.78 is 0. The van der Waals surface area contributed by atoms with Crippen LogP contribution >= 0.6 is 11.3 Å². The Morgan fingerprint density at radius 1 is 1.29 bits per heavy atom. The molecule has 4 nitrogen and oxygen atoms in total. The molecular weight excluding hydrogens is 198 g/mol. The van der Waals surface area contributed by atoms with Crippen molar-refractivity contribution >= 4 is 27.8 Å². The highest BCUT2D eigenvalue weighted by Gasteiger charge is 1.96.